The van der Waals surface area contributed by atoms with Gasteiger partial charge in [0.05, 0.1) is 5.56 Å². The molecular weight excluding hydrogens is 416 g/mol. The van der Waals surface area contributed by atoms with E-state index in [-0.39, 0.29) is 53.3 Å². The fourth-order valence-corrected chi connectivity index (χ4v) is 5.15. The summed E-state index contributed by atoms with van der Waals surface area (Å²) >= 11 is 6.31. The average molecular weight is 435 g/mol. The molecule has 8 N–H and O–H groups in total. The fourth-order valence-electron chi connectivity index (χ4n) is 4.85. The molecule has 3 atom stereocenters. The second-order valence-electron chi connectivity index (χ2n) is 7.83. The van der Waals surface area contributed by atoms with Crippen LogP contribution in [0.1, 0.15) is 29.5 Å². The Morgan fingerprint density at radius 2 is 1.90 bits per heavy atom. The van der Waals surface area contributed by atoms with E-state index >= 15 is 0 Å². The summed E-state index contributed by atoms with van der Waals surface area (Å²) in [6.45, 7) is -0.0710. The summed E-state index contributed by atoms with van der Waals surface area (Å²) in [5.41, 5.74) is 7.73. The van der Waals surface area contributed by atoms with Crippen molar-refractivity contribution in [3.63, 3.8) is 0 Å². The number of aromatic hydroxyl groups is 1. The van der Waals surface area contributed by atoms with Crippen molar-refractivity contribution in [2.24, 2.45) is 23.3 Å². The molecule has 10 heteroatoms. The number of hydrogen-bond donors (Lipinski definition) is 6. The predicted molar refractivity (Wildman–Crippen MR) is 104 cm³/mol. The lowest BCUT2D eigenvalue weighted by molar-refractivity contribution is -0.147. The van der Waals surface area contributed by atoms with Crippen LogP contribution in [-0.4, -0.2) is 43.5 Å². The van der Waals surface area contributed by atoms with Crippen LogP contribution in [0.2, 0.25) is 5.02 Å². The third-order valence-corrected chi connectivity index (χ3v) is 6.65. The van der Waals surface area contributed by atoms with E-state index in [9.17, 15) is 34.8 Å². The zero-order chi connectivity index (χ0) is 22.1. The van der Waals surface area contributed by atoms with Gasteiger partial charge < -0.3 is 31.9 Å². The molecule has 9 nitrogen and oxygen atoms in total. The molecule has 1 amide bonds. The molecule has 0 aliphatic heterocycles. The molecule has 1 aromatic rings. The minimum atomic E-state index is -2.58. The van der Waals surface area contributed by atoms with Gasteiger partial charge in [-0.25, -0.2) is 0 Å². The molecule has 3 aliphatic rings. The molecule has 30 heavy (non-hydrogen) atoms. The molecule has 3 aliphatic carbocycles. The standard InChI is InChI=1S/C20H19ClN2O7/c21-10-3-7(5-22)15(25)13-9(10)2-6-1-8-4-11(24)14(19(23)29)18(28)20(8,30)17(27)12(6)16(13)26/h3,6,8,25-26,28,30H,1-2,4-5,22H2,(H2,23,29)/t6?,8-,20-/m0/s1. The summed E-state index contributed by atoms with van der Waals surface area (Å²) in [6.07, 6.45) is -0.155. The van der Waals surface area contributed by atoms with Crippen LogP contribution < -0.4 is 11.5 Å². The highest BCUT2D eigenvalue weighted by Gasteiger charge is 2.60. The summed E-state index contributed by atoms with van der Waals surface area (Å²) in [7, 11) is 0. The lowest BCUT2D eigenvalue weighted by atomic mass is 9.59. The number of aliphatic hydroxyl groups is 3. The Bertz CT molecular complexity index is 1110. The van der Waals surface area contributed by atoms with E-state index in [1.807, 2.05) is 0 Å². The number of amides is 1. The third-order valence-electron chi connectivity index (χ3n) is 6.31. The number of carbonyl (C=O) groups excluding carboxylic acids is 3. The zero-order valence-corrected chi connectivity index (χ0v) is 16.4. The van der Waals surface area contributed by atoms with Crippen LogP contribution in [0, 0.1) is 11.8 Å². The molecular formula is C20H19ClN2O7. The minimum Gasteiger partial charge on any atom is -0.508 e. The van der Waals surface area contributed by atoms with E-state index in [0.717, 1.165) is 0 Å². The molecule has 1 saturated carbocycles. The second kappa shape index (κ2) is 6.56. The molecule has 0 heterocycles. The number of rotatable bonds is 2. The van der Waals surface area contributed by atoms with Gasteiger partial charge in [-0.15, -0.1) is 0 Å². The number of hydrogen-bond acceptors (Lipinski definition) is 8. The third kappa shape index (κ3) is 2.46. The smallest absolute Gasteiger partial charge is 0.255 e. The van der Waals surface area contributed by atoms with Crippen molar-refractivity contribution in [3.05, 3.63) is 44.7 Å². The molecule has 0 bridgehead atoms. The molecule has 0 radical (unpaired) electrons. The fraction of sp³-hybridized carbons (Fsp3) is 0.350. The monoisotopic (exact) mass is 434 g/mol. The quantitative estimate of drug-likeness (QED) is 0.364. The molecule has 1 aromatic carbocycles. The molecule has 1 fully saturated rings. The Morgan fingerprint density at radius 3 is 2.50 bits per heavy atom. The van der Waals surface area contributed by atoms with Gasteiger partial charge in [-0.05, 0) is 30.4 Å². The van der Waals surface area contributed by atoms with Crippen molar-refractivity contribution >= 4 is 34.8 Å². The highest BCUT2D eigenvalue weighted by atomic mass is 35.5. The number of Topliss-reactive ketones (excluding diaryl/α,β-unsaturated/α-hetero) is 2. The van der Waals surface area contributed by atoms with Crippen LogP contribution in [0.4, 0.5) is 0 Å². The van der Waals surface area contributed by atoms with Gasteiger partial charge >= 0.3 is 0 Å². The van der Waals surface area contributed by atoms with Gasteiger partial charge in [0.1, 0.15) is 22.8 Å². The lowest BCUT2D eigenvalue weighted by Gasteiger charge is -2.46. The Hall–Kier alpha value is -2.88. The van der Waals surface area contributed by atoms with Gasteiger partial charge in [0.2, 0.25) is 5.78 Å². The van der Waals surface area contributed by atoms with Crippen LogP contribution in [0.15, 0.2) is 23.0 Å². The van der Waals surface area contributed by atoms with Crippen molar-refractivity contribution in [2.75, 3.05) is 0 Å². The molecule has 158 valence electrons. The van der Waals surface area contributed by atoms with Crippen molar-refractivity contribution in [1.82, 2.24) is 0 Å². The van der Waals surface area contributed by atoms with Crippen LogP contribution in [-0.2, 0) is 27.3 Å². The Balaban J connectivity index is 1.96. The summed E-state index contributed by atoms with van der Waals surface area (Å²) in [6, 6.07) is 1.48. The summed E-state index contributed by atoms with van der Waals surface area (Å²) < 4.78 is 0. The zero-order valence-electron chi connectivity index (χ0n) is 15.6. The second-order valence-corrected chi connectivity index (χ2v) is 8.24. The van der Waals surface area contributed by atoms with Crippen LogP contribution in [0.25, 0.3) is 5.76 Å². The highest BCUT2D eigenvalue weighted by molar-refractivity contribution is 6.32. The van der Waals surface area contributed by atoms with E-state index in [1.54, 1.807) is 0 Å². The number of phenols is 1. The highest BCUT2D eigenvalue weighted by Crippen LogP contribution is 2.53. The maximum Gasteiger partial charge on any atom is 0.255 e. The number of aliphatic hydroxyl groups excluding tert-OH is 2. The van der Waals surface area contributed by atoms with E-state index in [1.165, 1.54) is 6.07 Å². The first-order valence-electron chi connectivity index (χ1n) is 9.24. The van der Waals surface area contributed by atoms with E-state index in [0.29, 0.717) is 5.56 Å². The topological polar surface area (TPSA) is 184 Å². The number of primary amides is 1. The van der Waals surface area contributed by atoms with Crippen molar-refractivity contribution in [2.45, 2.75) is 31.4 Å². The Morgan fingerprint density at radius 1 is 1.23 bits per heavy atom. The first-order valence-corrected chi connectivity index (χ1v) is 9.62. The maximum atomic E-state index is 13.3. The number of nitrogens with two attached hydrogens (primary N) is 2. The number of carbonyl (C=O) groups is 3. The average Bonchev–Trinajstić information content (AvgIpc) is 2.67. The van der Waals surface area contributed by atoms with Gasteiger partial charge in [-0.1, -0.05) is 11.6 Å². The molecule has 0 aromatic heterocycles. The van der Waals surface area contributed by atoms with Crippen molar-refractivity contribution in [1.29, 1.82) is 0 Å². The Kier molecular flexibility index (Phi) is 4.46. The van der Waals surface area contributed by atoms with Crippen LogP contribution in [0.3, 0.4) is 0 Å². The normalized spacial score (nSPS) is 28.2. The van der Waals surface area contributed by atoms with Gasteiger partial charge in [-0.3, -0.25) is 14.4 Å². The summed E-state index contributed by atoms with van der Waals surface area (Å²) in [4.78, 5) is 37.2. The lowest BCUT2D eigenvalue weighted by Crippen LogP contribution is -2.58. The summed E-state index contributed by atoms with van der Waals surface area (Å²) in [5, 5.41) is 43.3. The first-order chi connectivity index (χ1) is 14.0. The molecule has 0 saturated heterocycles. The number of halogens is 1. The van der Waals surface area contributed by atoms with E-state index < -0.39 is 52.0 Å². The molecule has 0 spiro atoms. The van der Waals surface area contributed by atoms with Gasteiger partial charge in [0.15, 0.2) is 11.4 Å². The molecule has 4 rings (SSSR count). The van der Waals surface area contributed by atoms with E-state index in [2.05, 4.69) is 0 Å². The SMILES string of the molecule is NCc1cc(Cl)c2c(c1O)C(O)=C1C(=O)[C@]3(O)C(O)=C(C(N)=O)C(=O)C[C@@H]3CC1C2. The number of benzene rings is 1. The van der Waals surface area contributed by atoms with Gasteiger partial charge in [0, 0.05) is 35.0 Å². The van der Waals surface area contributed by atoms with E-state index in [4.69, 9.17) is 23.1 Å². The summed E-state index contributed by atoms with van der Waals surface area (Å²) in [5.74, 6) is -6.74. The minimum absolute atomic E-state index is 0.0542. The van der Waals surface area contributed by atoms with Crippen molar-refractivity contribution < 1.29 is 34.8 Å². The van der Waals surface area contributed by atoms with Crippen molar-refractivity contribution in [3.8, 4) is 5.75 Å². The van der Waals surface area contributed by atoms with Crippen LogP contribution >= 0.6 is 11.6 Å². The number of phenolic OH excluding ortho intramolecular Hbond substituents is 1. The van der Waals surface area contributed by atoms with Gasteiger partial charge in [-0.2, -0.15) is 0 Å². The van der Waals surface area contributed by atoms with Crippen LogP contribution in [0.5, 0.6) is 5.75 Å². The first kappa shape index (κ1) is 20.4. The van der Waals surface area contributed by atoms with Gasteiger partial charge in [0.25, 0.3) is 5.91 Å². The largest absolute Gasteiger partial charge is 0.508 e. The number of ketones is 2. The molecule has 1 unspecified atom stereocenters. The Labute approximate surface area is 175 Å². The number of fused-ring (bicyclic) bond motifs is 3. The maximum absolute atomic E-state index is 13.3. The predicted octanol–water partition coefficient (Wildman–Crippen LogP) is 0.536.